The molecule has 0 N–H and O–H groups in total. The molecule has 0 fully saturated rings. The van der Waals surface area contributed by atoms with Gasteiger partial charge in [0.25, 0.3) is 5.56 Å². The predicted molar refractivity (Wildman–Crippen MR) is 117 cm³/mol. The first-order valence-corrected chi connectivity index (χ1v) is 10.5. The van der Waals surface area contributed by atoms with E-state index in [1.807, 2.05) is 22.8 Å². The standard InChI is InChI=1S/C25H21NOS/c1-17-12-14-20(15-13-17)28-24-22(18-7-3-2-4-8-18)21-11-5-9-19-10-6-16-26(23(19)21)25(24)27/h2-5,7-9,11-15H,6,10,16H2,1H3. The Kier molecular flexibility index (Phi) is 4.33. The number of hydrogen-bond donors (Lipinski definition) is 0. The molecule has 0 aliphatic carbocycles. The third-order valence-corrected chi connectivity index (χ3v) is 6.55. The highest BCUT2D eigenvalue weighted by atomic mass is 32.2. The Hall–Kier alpha value is -2.78. The summed E-state index contributed by atoms with van der Waals surface area (Å²) >= 11 is 1.59. The summed E-state index contributed by atoms with van der Waals surface area (Å²) in [6.45, 7) is 2.88. The van der Waals surface area contributed by atoms with Crippen LogP contribution in [0, 0.1) is 6.92 Å². The molecule has 0 bridgehead atoms. The molecule has 0 spiro atoms. The summed E-state index contributed by atoms with van der Waals surface area (Å²) in [5.74, 6) is 0. The van der Waals surface area contributed by atoms with Gasteiger partial charge in [-0.05, 0) is 43.0 Å². The Labute approximate surface area is 168 Å². The topological polar surface area (TPSA) is 22.0 Å². The van der Waals surface area contributed by atoms with Gasteiger partial charge in [0.15, 0.2) is 0 Å². The summed E-state index contributed by atoms with van der Waals surface area (Å²) in [4.78, 5) is 15.5. The molecule has 2 heterocycles. The van der Waals surface area contributed by atoms with Gasteiger partial charge in [-0.15, -0.1) is 0 Å². The Bertz CT molecular complexity index is 1220. The molecule has 0 atom stereocenters. The maximum Gasteiger partial charge on any atom is 0.265 e. The Morgan fingerprint density at radius 3 is 2.46 bits per heavy atom. The van der Waals surface area contributed by atoms with Crippen LogP contribution in [0.2, 0.25) is 0 Å². The number of rotatable bonds is 3. The largest absolute Gasteiger partial charge is 0.307 e. The van der Waals surface area contributed by atoms with E-state index in [1.54, 1.807) is 11.8 Å². The summed E-state index contributed by atoms with van der Waals surface area (Å²) in [6, 6.07) is 25.2. The average molecular weight is 384 g/mol. The fraction of sp³-hybridized carbons (Fsp3) is 0.160. The third kappa shape index (κ3) is 2.87. The number of hydrogen-bond acceptors (Lipinski definition) is 2. The monoisotopic (exact) mass is 383 g/mol. The van der Waals surface area contributed by atoms with Crippen molar-refractivity contribution in [1.29, 1.82) is 0 Å². The molecule has 138 valence electrons. The second kappa shape index (κ2) is 6.99. The van der Waals surface area contributed by atoms with Crippen molar-refractivity contribution in [2.75, 3.05) is 0 Å². The zero-order valence-electron chi connectivity index (χ0n) is 15.8. The second-order valence-electron chi connectivity index (χ2n) is 7.36. The van der Waals surface area contributed by atoms with Crippen molar-refractivity contribution in [3.05, 3.63) is 94.3 Å². The molecule has 1 aromatic heterocycles. The molecule has 5 rings (SSSR count). The lowest BCUT2D eigenvalue weighted by atomic mass is 9.95. The van der Waals surface area contributed by atoms with Crippen molar-refractivity contribution in [3.63, 3.8) is 0 Å². The lowest BCUT2D eigenvalue weighted by molar-refractivity contribution is 0.609. The maximum absolute atomic E-state index is 13.6. The van der Waals surface area contributed by atoms with Crippen LogP contribution in [-0.2, 0) is 13.0 Å². The minimum atomic E-state index is 0.129. The molecule has 0 saturated heterocycles. The molecule has 0 radical (unpaired) electrons. The van der Waals surface area contributed by atoms with Gasteiger partial charge in [-0.3, -0.25) is 4.79 Å². The van der Waals surface area contributed by atoms with Gasteiger partial charge >= 0.3 is 0 Å². The number of benzene rings is 3. The molecule has 28 heavy (non-hydrogen) atoms. The Morgan fingerprint density at radius 1 is 0.893 bits per heavy atom. The van der Waals surface area contributed by atoms with Crippen molar-refractivity contribution in [1.82, 2.24) is 4.57 Å². The molecule has 2 nitrogen and oxygen atoms in total. The number of pyridine rings is 1. The fourth-order valence-corrected chi connectivity index (χ4v) is 5.15. The summed E-state index contributed by atoms with van der Waals surface area (Å²) in [7, 11) is 0. The van der Waals surface area contributed by atoms with Crippen molar-refractivity contribution in [3.8, 4) is 11.1 Å². The zero-order valence-corrected chi connectivity index (χ0v) is 16.6. The molecule has 0 unspecified atom stereocenters. The van der Waals surface area contributed by atoms with E-state index in [0.717, 1.165) is 45.8 Å². The third-order valence-electron chi connectivity index (χ3n) is 5.46. The van der Waals surface area contributed by atoms with E-state index < -0.39 is 0 Å². The molecule has 0 saturated carbocycles. The normalized spacial score (nSPS) is 13.0. The van der Waals surface area contributed by atoms with E-state index in [9.17, 15) is 4.79 Å². The van der Waals surface area contributed by atoms with Crippen LogP contribution in [0.15, 0.2) is 87.4 Å². The van der Waals surface area contributed by atoms with Crippen LogP contribution in [-0.4, -0.2) is 4.57 Å². The summed E-state index contributed by atoms with van der Waals surface area (Å²) in [5, 5.41) is 1.18. The number of para-hydroxylation sites is 1. The van der Waals surface area contributed by atoms with E-state index in [2.05, 4.69) is 61.5 Å². The van der Waals surface area contributed by atoms with Crippen LogP contribution in [0.4, 0.5) is 0 Å². The quantitative estimate of drug-likeness (QED) is 0.428. The van der Waals surface area contributed by atoms with Gasteiger partial charge in [0.1, 0.15) is 0 Å². The van der Waals surface area contributed by atoms with Gasteiger partial charge < -0.3 is 4.57 Å². The molecular formula is C25H21NOS. The van der Waals surface area contributed by atoms with Gasteiger partial charge in [-0.25, -0.2) is 0 Å². The van der Waals surface area contributed by atoms with Gasteiger partial charge in [0, 0.05) is 22.4 Å². The van der Waals surface area contributed by atoms with Crippen molar-refractivity contribution >= 4 is 22.7 Å². The minimum Gasteiger partial charge on any atom is -0.307 e. The van der Waals surface area contributed by atoms with Gasteiger partial charge in [-0.1, -0.05) is 78.0 Å². The summed E-state index contributed by atoms with van der Waals surface area (Å²) in [6.07, 6.45) is 2.06. The van der Waals surface area contributed by atoms with E-state index in [1.165, 1.54) is 16.5 Å². The highest BCUT2D eigenvalue weighted by Crippen LogP contribution is 2.40. The SMILES string of the molecule is Cc1ccc(Sc2c(-c3ccccc3)c3cccc4c3n(c2=O)CCC4)cc1. The van der Waals surface area contributed by atoms with Gasteiger partial charge in [-0.2, -0.15) is 0 Å². The van der Waals surface area contributed by atoms with Gasteiger partial charge in [0.2, 0.25) is 0 Å². The lowest BCUT2D eigenvalue weighted by Crippen LogP contribution is -2.26. The first kappa shape index (κ1) is 17.3. The molecule has 1 aliphatic rings. The maximum atomic E-state index is 13.6. The van der Waals surface area contributed by atoms with Crippen LogP contribution in [0.25, 0.3) is 22.0 Å². The highest BCUT2D eigenvalue weighted by Gasteiger charge is 2.22. The molecular weight excluding hydrogens is 362 g/mol. The minimum absolute atomic E-state index is 0.129. The van der Waals surface area contributed by atoms with Gasteiger partial charge in [0.05, 0.1) is 10.4 Å². The predicted octanol–water partition coefficient (Wildman–Crippen LogP) is 6.07. The molecule has 3 aromatic carbocycles. The summed E-state index contributed by atoms with van der Waals surface area (Å²) in [5.41, 5.74) is 5.91. The lowest BCUT2D eigenvalue weighted by Gasteiger charge is -2.23. The van der Waals surface area contributed by atoms with Crippen LogP contribution >= 0.6 is 11.8 Å². The van der Waals surface area contributed by atoms with Crippen LogP contribution in [0.1, 0.15) is 17.5 Å². The first-order valence-electron chi connectivity index (χ1n) is 9.71. The average Bonchev–Trinajstić information content (AvgIpc) is 2.74. The van der Waals surface area contributed by atoms with Crippen LogP contribution in [0.5, 0.6) is 0 Å². The number of nitrogens with zero attached hydrogens (tertiary/aromatic N) is 1. The van der Waals surface area contributed by atoms with Crippen LogP contribution < -0.4 is 5.56 Å². The molecule has 0 amide bonds. The first-order chi connectivity index (χ1) is 13.7. The summed E-state index contributed by atoms with van der Waals surface area (Å²) < 4.78 is 2.00. The molecule has 4 aromatic rings. The Morgan fingerprint density at radius 2 is 1.68 bits per heavy atom. The number of aromatic nitrogens is 1. The second-order valence-corrected chi connectivity index (χ2v) is 8.44. The zero-order chi connectivity index (χ0) is 19.1. The van der Waals surface area contributed by atoms with E-state index in [4.69, 9.17) is 0 Å². The fourth-order valence-electron chi connectivity index (χ4n) is 4.12. The van der Waals surface area contributed by atoms with Crippen molar-refractivity contribution in [2.24, 2.45) is 0 Å². The smallest absolute Gasteiger partial charge is 0.265 e. The molecule has 3 heteroatoms. The van der Waals surface area contributed by atoms with Crippen molar-refractivity contribution < 1.29 is 0 Å². The van der Waals surface area contributed by atoms with E-state index in [-0.39, 0.29) is 5.56 Å². The van der Waals surface area contributed by atoms with Crippen LogP contribution in [0.3, 0.4) is 0 Å². The highest BCUT2D eigenvalue weighted by molar-refractivity contribution is 7.99. The van der Waals surface area contributed by atoms with E-state index in [0.29, 0.717) is 0 Å². The van der Waals surface area contributed by atoms with Crippen molar-refractivity contribution in [2.45, 2.75) is 36.1 Å². The molecule has 1 aliphatic heterocycles. The number of aryl methyl sites for hydroxylation is 3. The van der Waals surface area contributed by atoms with E-state index >= 15 is 0 Å². The Balaban J connectivity index is 1.84.